The molecule has 0 amide bonds. The molecule has 5 heteroatoms. The highest BCUT2D eigenvalue weighted by molar-refractivity contribution is 5.30. The molecule has 15 heavy (non-hydrogen) atoms. The number of benzene rings is 1. The maximum atomic E-state index is 12.5. The fourth-order valence-corrected chi connectivity index (χ4v) is 1.31. The smallest absolute Gasteiger partial charge is 0.325 e. The van der Waals surface area contributed by atoms with Crippen molar-refractivity contribution in [2.24, 2.45) is 5.73 Å². The molecular formula is C10H11F4N. The van der Waals surface area contributed by atoms with E-state index in [-0.39, 0.29) is 12.0 Å². The largest absolute Gasteiger partial charge is 0.416 e. The van der Waals surface area contributed by atoms with E-state index in [4.69, 9.17) is 5.73 Å². The molecule has 0 spiro atoms. The average Bonchev–Trinajstić information content (AvgIpc) is 2.17. The first kappa shape index (κ1) is 12.0. The Kier molecular flexibility index (Phi) is 3.68. The lowest BCUT2D eigenvalue weighted by atomic mass is 10.0. The van der Waals surface area contributed by atoms with Gasteiger partial charge in [0, 0.05) is 6.04 Å². The van der Waals surface area contributed by atoms with Crippen molar-refractivity contribution < 1.29 is 17.6 Å². The Bertz CT molecular complexity index is 321. The first-order valence-electron chi connectivity index (χ1n) is 4.41. The molecule has 84 valence electrons. The lowest BCUT2D eigenvalue weighted by Crippen LogP contribution is -2.26. The van der Waals surface area contributed by atoms with Crippen molar-refractivity contribution in [1.82, 2.24) is 0 Å². The Labute approximate surface area is 84.9 Å². The summed E-state index contributed by atoms with van der Waals surface area (Å²) in [4.78, 5) is 0. The van der Waals surface area contributed by atoms with Crippen LogP contribution in [-0.4, -0.2) is 12.7 Å². The van der Waals surface area contributed by atoms with E-state index in [1.54, 1.807) is 0 Å². The van der Waals surface area contributed by atoms with E-state index >= 15 is 0 Å². The first-order valence-corrected chi connectivity index (χ1v) is 4.41. The molecule has 0 saturated carbocycles. The molecule has 1 rings (SSSR count). The molecule has 0 aliphatic carbocycles. The zero-order valence-electron chi connectivity index (χ0n) is 7.89. The van der Waals surface area contributed by atoms with Crippen molar-refractivity contribution in [3.8, 4) is 0 Å². The second kappa shape index (κ2) is 4.61. The van der Waals surface area contributed by atoms with E-state index < -0.39 is 24.5 Å². The lowest BCUT2D eigenvalue weighted by molar-refractivity contribution is -0.138. The zero-order valence-corrected chi connectivity index (χ0v) is 7.89. The number of hydrogen-bond donors (Lipinski definition) is 1. The second-order valence-corrected chi connectivity index (χ2v) is 3.27. The summed E-state index contributed by atoms with van der Waals surface area (Å²) in [6.07, 6.45) is -4.52. The van der Waals surface area contributed by atoms with Crippen LogP contribution in [0.5, 0.6) is 0 Å². The Morgan fingerprint density at radius 3 is 2.33 bits per heavy atom. The Hall–Kier alpha value is -1.10. The number of nitrogens with two attached hydrogens (primary N) is 1. The summed E-state index contributed by atoms with van der Waals surface area (Å²) >= 11 is 0. The van der Waals surface area contributed by atoms with E-state index in [1.807, 2.05) is 0 Å². The standard InChI is InChI=1S/C10H11F4N/c11-6-8(15)5-7-3-1-2-4-9(7)10(12,13)14/h1-4,8H,5-6,15H2. The summed E-state index contributed by atoms with van der Waals surface area (Å²) in [6.45, 7) is -0.827. The molecule has 1 aromatic rings. The van der Waals surface area contributed by atoms with Crippen LogP contribution in [0.2, 0.25) is 0 Å². The highest BCUT2D eigenvalue weighted by Gasteiger charge is 2.32. The number of rotatable bonds is 3. The van der Waals surface area contributed by atoms with Crippen molar-refractivity contribution >= 4 is 0 Å². The number of halogens is 4. The van der Waals surface area contributed by atoms with Crippen LogP contribution in [0.4, 0.5) is 17.6 Å². The maximum absolute atomic E-state index is 12.5. The van der Waals surface area contributed by atoms with E-state index in [9.17, 15) is 17.6 Å². The van der Waals surface area contributed by atoms with Crippen LogP contribution in [0.15, 0.2) is 24.3 Å². The third kappa shape index (κ3) is 3.20. The van der Waals surface area contributed by atoms with Crippen molar-refractivity contribution in [2.75, 3.05) is 6.67 Å². The Morgan fingerprint density at radius 1 is 1.20 bits per heavy atom. The molecule has 0 aliphatic heterocycles. The van der Waals surface area contributed by atoms with Crippen LogP contribution in [0, 0.1) is 0 Å². The topological polar surface area (TPSA) is 26.0 Å². The summed E-state index contributed by atoms with van der Waals surface area (Å²) in [7, 11) is 0. The van der Waals surface area contributed by atoms with E-state index in [0.717, 1.165) is 6.07 Å². The van der Waals surface area contributed by atoms with Crippen molar-refractivity contribution in [3.05, 3.63) is 35.4 Å². The molecule has 0 saturated heterocycles. The fourth-order valence-electron chi connectivity index (χ4n) is 1.31. The highest BCUT2D eigenvalue weighted by atomic mass is 19.4. The van der Waals surface area contributed by atoms with Crippen molar-refractivity contribution in [1.29, 1.82) is 0 Å². The van der Waals surface area contributed by atoms with Gasteiger partial charge in [0.05, 0.1) is 5.56 Å². The minimum atomic E-state index is -4.41. The van der Waals surface area contributed by atoms with Gasteiger partial charge in [-0.05, 0) is 18.1 Å². The average molecular weight is 221 g/mol. The fraction of sp³-hybridized carbons (Fsp3) is 0.400. The van der Waals surface area contributed by atoms with Crippen molar-refractivity contribution in [3.63, 3.8) is 0 Å². The van der Waals surface area contributed by atoms with E-state index in [2.05, 4.69) is 0 Å². The lowest BCUT2D eigenvalue weighted by Gasteiger charge is -2.14. The third-order valence-corrected chi connectivity index (χ3v) is 2.00. The molecule has 0 heterocycles. The maximum Gasteiger partial charge on any atom is 0.416 e. The number of alkyl halides is 4. The van der Waals surface area contributed by atoms with Gasteiger partial charge in [-0.2, -0.15) is 13.2 Å². The Balaban J connectivity index is 2.97. The van der Waals surface area contributed by atoms with Gasteiger partial charge in [0.25, 0.3) is 0 Å². The molecule has 0 aliphatic rings. The number of hydrogen-bond acceptors (Lipinski definition) is 1. The summed E-state index contributed by atoms with van der Waals surface area (Å²) < 4.78 is 49.5. The van der Waals surface area contributed by atoms with Crippen molar-refractivity contribution in [2.45, 2.75) is 18.6 Å². The first-order chi connectivity index (χ1) is 6.95. The molecule has 2 N–H and O–H groups in total. The van der Waals surface area contributed by atoms with E-state index in [0.29, 0.717) is 0 Å². The van der Waals surface area contributed by atoms with Crippen LogP contribution in [0.25, 0.3) is 0 Å². The molecule has 0 radical (unpaired) electrons. The van der Waals surface area contributed by atoms with Gasteiger partial charge in [0.2, 0.25) is 0 Å². The van der Waals surface area contributed by atoms with Gasteiger partial charge in [-0.3, -0.25) is 0 Å². The quantitative estimate of drug-likeness (QED) is 0.780. The SMILES string of the molecule is NC(CF)Cc1ccccc1C(F)(F)F. The van der Waals surface area contributed by atoms with Gasteiger partial charge >= 0.3 is 6.18 Å². The van der Waals surface area contributed by atoms with Gasteiger partial charge in [-0.1, -0.05) is 18.2 Å². The minimum absolute atomic E-state index is 0.0372. The van der Waals surface area contributed by atoms with Gasteiger partial charge < -0.3 is 5.73 Å². The molecular weight excluding hydrogens is 210 g/mol. The summed E-state index contributed by atoms with van der Waals surface area (Å²) in [5.41, 5.74) is 4.57. The second-order valence-electron chi connectivity index (χ2n) is 3.27. The third-order valence-electron chi connectivity index (χ3n) is 2.00. The van der Waals surface area contributed by atoms with Crippen LogP contribution < -0.4 is 5.73 Å². The molecule has 1 nitrogen and oxygen atoms in total. The summed E-state index contributed by atoms with van der Waals surface area (Å²) in [6, 6.07) is 4.19. The highest BCUT2D eigenvalue weighted by Crippen LogP contribution is 2.32. The monoisotopic (exact) mass is 221 g/mol. The van der Waals surface area contributed by atoms with Crippen LogP contribution in [-0.2, 0) is 12.6 Å². The van der Waals surface area contributed by atoms with Crippen LogP contribution in [0.1, 0.15) is 11.1 Å². The van der Waals surface area contributed by atoms with Gasteiger partial charge in [-0.15, -0.1) is 0 Å². The van der Waals surface area contributed by atoms with E-state index in [1.165, 1.54) is 18.2 Å². The molecule has 0 fully saturated rings. The zero-order chi connectivity index (χ0) is 11.5. The Morgan fingerprint density at radius 2 is 1.80 bits per heavy atom. The van der Waals surface area contributed by atoms with Gasteiger partial charge in [-0.25, -0.2) is 4.39 Å². The summed E-state index contributed by atoms with van der Waals surface area (Å²) in [5.74, 6) is 0. The molecule has 0 bridgehead atoms. The van der Waals surface area contributed by atoms with Gasteiger partial charge in [0.1, 0.15) is 6.67 Å². The predicted octanol–water partition coefficient (Wildman–Crippen LogP) is 2.54. The van der Waals surface area contributed by atoms with Crippen LogP contribution >= 0.6 is 0 Å². The molecule has 1 atom stereocenters. The van der Waals surface area contributed by atoms with Crippen LogP contribution in [0.3, 0.4) is 0 Å². The molecule has 0 aromatic heterocycles. The molecule has 1 aromatic carbocycles. The molecule has 1 unspecified atom stereocenters. The van der Waals surface area contributed by atoms with Gasteiger partial charge in [0.15, 0.2) is 0 Å². The summed E-state index contributed by atoms with van der Waals surface area (Å²) in [5, 5.41) is 0. The normalized spacial score (nSPS) is 13.9. The minimum Gasteiger partial charge on any atom is -0.325 e. The predicted molar refractivity (Wildman–Crippen MR) is 49.1 cm³/mol.